The minimum atomic E-state index is -0.119. The zero-order valence-corrected chi connectivity index (χ0v) is 17.9. The molecule has 1 N–H and O–H groups in total. The van der Waals surface area contributed by atoms with E-state index in [0.29, 0.717) is 24.0 Å². The second-order valence-corrected chi connectivity index (χ2v) is 8.21. The molecule has 0 saturated carbocycles. The summed E-state index contributed by atoms with van der Waals surface area (Å²) in [6.45, 7) is 1.31. The Hall–Kier alpha value is -3.37. The zero-order valence-electron chi connectivity index (χ0n) is 16.3. The van der Waals surface area contributed by atoms with E-state index in [1.807, 2.05) is 41.0 Å². The van der Waals surface area contributed by atoms with E-state index in [9.17, 15) is 0 Å². The first kappa shape index (κ1) is 18.4. The van der Waals surface area contributed by atoms with Crippen LogP contribution in [-0.2, 0) is 13.0 Å². The number of rotatable bonds is 4. The van der Waals surface area contributed by atoms with Gasteiger partial charge in [-0.3, -0.25) is 9.88 Å². The number of aromatic amines is 1. The van der Waals surface area contributed by atoms with Crippen LogP contribution in [0.5, 0.6) is 0 Å². The predicted octanol–water partition coefficient (Wildman–Crippen LogP) is 3.41. The topological polar surface area (TPSA) is 101 Å². The van der Waals surface area contributed by atoms with Gasteiger partial charge in [0.05, 0.1) is 35.8 Å². The number of pyridine rings is 2. The minimum Gasteiger partial charge on any atom is -0.418 e. The lowest BCUT2D eigenvalue weighted by molar-refractivity contribution is 0.179. The highest BCUT2D eigenvalue weighted by Crippen LogP contribution is 2.35. The van der Waals surface area contributed by atoms with Crippen LogP contribution in [0.3, 0.4) is 0 Å². The quantitative estimate of drug-likeness (QED) is 0.423. The molecule has 0 aliphatic carbocycles. The summed E-state index contributed by atoms with van der Waals surface area (Å²) in [5.41, 5.74) is 4.71. The number of nitrogens with one attached hydrogen (secondary N) is 1. The molecule has 0 spiro atoms. The molecule has 9 nitrogen and oxygen atoms in total. The number of halogens is 1. The molecule has 0 fully saturated rings. The van der Waals surface area contributed by atoms with E-state index in [1.165, 1.54) is 0 Å². The largest absolute Gasteiger partial charge is 0.418 e. The Morgan fingerprint density at radius 2 is 2.13 bits per heavy atom. The van der Waals surface area contributed by atoms with E-state index in [-0.39, 0.29) is 6.04 Å². The standard InChI is InChI=1S/C21H17BrN8O/c22-13-4-3-8-30-17(13)10-16(28-30)20-19-14(24-12-25-19)6-9-29(20)11-18-26-27-21(31-18)15-5-1-2-7-23-15/h1-5,7-8,10,12,20H,6,9,11H2,(H,24,25). The van der Waals surface area contributed by atoms with Gasteiger partial charge in [0.15, 0.2) is 0 Å². The summed E-state index contributed by atoms with van der Waals surface area (Å²) >= 11 is 3.62. The Bertz CT molecular complexity index is 1360. The molecule has 5 aromatic rings. The van der Waals surface area contributed by atoms with E-state index < -0.39 is 0 Å². The van der Waals surface area contributed by atoms with Crippen LogP contribution in [0.15, 0.2) is 64.0 Å². The number of aromatic nitrogens is 7. The molecule has 154 valence electrons. The number of H-pyrrole nitrogens is 1. The lowest BCUT2D eigenvalue weighted by Crippen LogP contribution is -2.36. The molecule has 0 amide bonds. The van der Waals surface area contributed by atoms with Gasteiger partial charge >= 0.3 is 0 Å². The van der Waals surface area contributed by atoms with Crippen molar-refractivity contribution in [3.63, 3.8) is 0 Å². The van der Waals surface area contributed by atoms with Gasteiger partial charge in [0.25, 0.3) is 5.89 Å². The molecule has 0 bridgehead atoms. The van der Waals surface area contributed by atoms with Crippen molar-refractivity contribution >= 4 is 21.4 Å². The van der Waals surface area contributed by atoms with E-state index in [2.05, 4.69) is 52.0 Å². The highest BCUT2D eigenvalue weighted by atomic mass is 79.9. The van der Waals surface area contributed by atoms with Crippen LogP contribution >= 0.6 is 15.9 Å². The van der Waals surface area contributed by atoms with Crippen LogP contribution in [0.2, 0.25) is 0 Å². The number of hydrogen-bond acceptors (Lipinski definition) is 7. The van der Waals surface area contributed by atoms with Gasteiger partial charge in [-0.2, -0.15) is 5.10 Å². The van der Waals surface area contributed by atoms with E-state index in [0.717, 1.165) is 40.0 Å². The molecule has 6 rings (SSSR count). The Balaban J connectivity index is 1.37. The van der Waals surface area contributed by atoms with Gasteiger partial charge in [-0.25, -0.2) is 9.50 Å². The second kappa shape index (κ2) is 7.40. The summed E-state index contributed by atoms with van der Waals surface area (Å²) in [5, 5.41) is 13.3. The number of hydrogen-bond donors (Lipinski definition) is 1. The zero-order chi connectivity index (χ0) is 20.8. The fourth-order valence-electron chi connectivity index (χ4n) is 4.04. The molecule has 10 heteroatoms. The summed E-state index contributed by atoms with van der Waals surface area (Å²) in [4.78, 5) is 14.4. The van der Waals surface area contributed by atoms with Gasteiger partial charge < -0.3 is 9.40 Å². The number of imidazole rings is 1. The molecule has 1 unspecified atom stereocenters. The number of fused-ring (bicyclic) bond motifs is 2. The molecule has 0 aromatic carbocycles. The predicted molar refractivity (Wildman–Crippen MR) is 115 cm³/mol. The lowest BCUT2D eigenvalue weighted by atomic mass is 10.00. The third-order valence-electron chi connectivity index (χ3n) is 5.46. The fourth-order valence-corrected chi connectivity index (χ4v) is 4.49. The fraction of sp³-hybridized carbons (Fsp3) is 0.190. The molecule has 1 atom stereocenters. The van der Waals surface area contributed by atoms with Crippen molar-refractivity contribution in [3.05, 3.63) is 82.6 Å². The summed E-state index contributed by atoms with van der Waals surface area (Å²) in [5.74, 6) is 0.955. The van der Waals surface area contributed by atoms with Crippen molar-refractivity contribution < 1.29 is 4.42 Å². The Morgan fingerprint density at radius 1 is 1.16 bits per heavy atom. The van der Waals surface area contributed by atoms with Crippen LogP contribution in [0.25, 0.3) is 17.1 Å². The molecular formula is C21H17BrN8O. The first-order valence-corrected chi connectivity index (χ1v) is 10.7. The minimum absolute atomic E-state index is 0.119. The second-order valence-electron chi connectivity index (χ2n) is 7.36. The molecule has 6 heterocycles. The first-order chi connectivity index (χ1) is 15.3. The molecular weight excluding hydrogens is 460 g/mol. The highest BCUT2D eigenvalue weighted by Gasteiger charge is 2.34. The molecule has 0 saturated heterocycles. The number of nitrogens with zero attached hydrogens (tertiary/aromatic N) is 7. The maximum Gasteiger partial charge on any atom is 0.266 e. The molecule has 31 heavy (non-hydrogen) atoms. The van der Waals surface area contributed by atoms with Crippen LogP contribution < -0.4 is 0 Å². The molecule has 1 aliphatic heterocycles. The van der Waals surface area contributed by atoms with Gasteiger partial charge in [0.2, 0.25) is 5.89 Å². The monoisotopic (exact) mass is 476 g/mol. The Morgan fingerprint density at radius 3 is 3.00 bits per heavy atom. The first-order valence-electron chi connectivity index (χ1n) is 9.90. The van der Waals surface area contributed by atoms with Gasteiger partial charge in [0.1, 0.15) is 5.69 Å². The highest BCUT2D eigenvalue weighted by molar-refractivity contribution is 9.10. The van der Waals surface area contributed by atoms with Crippen molar-refractivity contribution in [2.24, 2.45) is 0 Å². The maximum absolute atomic E-state index is 5.92. The summed E-state index contributed by atoms with van der Waals surface area (Å²) in [6.07, 6.45) is 6.27. The summed E-state index contributed by atoms with van der Waals surface area (Å²) < 4.78 is 8.79. The van der Waals surface area contributed by atoms with Gasteiger partial charge in [-0.15, -0.1) is 10.2 Å². The summed E-state index contributed by atoms with van der Waals surface area (Å²) in [7, 11) is 0. The lowest BCUT2D eigenvalue weighted by Gasteiger charge is -2.32. The van der Waals surface area contributed by atoms with Gasteiger partial charge in [-0.1, -0.05) is 6.07 Å². The van der Waals surface area contributed by atoms with Crippen molar-refractivity contribution in [1.29, 1.82) is 0 Å². The SMILES string of the molecule is Brc1cccn2nc(C3c4nc[nH]c4CCN3Cc3nnc(-c4ccccn4)o3)cc12. The van der Waals surface area contributed by atoms with Crippen LogP contribution in [0.1, 0.15) is 29.0 Å². The average Bonchev–Trinajstić information content (AvgIpc) is 3.54. The molecule has 5 aromatic heterocycles. The Kier molecular flexibility index (Phi) is 4.39. The van der Waals surface area contributed by atoms with Gasteiger partial charge in [0, 0.05) is 35.5 Å². The van der Waals surface area contributed by atoms with E-state index in [4.69, 9.17) is 9.52 Å². The van der Waals surface area contributed by atoms with Crippen LogP contribution in [-0.4, -0.2) is 46.2 Å². The third-order valence-corrected chi connectivity index (χ3v) is 6.13. The van der Waals surface area contributed by atoms with Crippen molar-refractivity contribution in [2.45, 2.75) is 19.0 Å². The molecule has 0 radical (unpaired) electrons. The van der Waals surface area contributed by atoms with Crippen molar-refractivity contribution in [3.8, 4) is 11.6 Å². The van der Waals surface area contributed by atoms with Crippen molar-refractivity contribution in [1.82, 2.24) is 39.7 Å². The van der Waals surface area contributed by atoms with Gasteiger partial charge in [-0.05, 0) is 46.3 Å². The van der Waals surface area contributed by atoms with Crippen molar-refractivity contribution in [2.75, 3.05) is 6.54 Å². The van der Waals surface area contributed by atoms with E-state index >= 15 is 0 Å². The normalized spacial score (nSPS) is 16.6. The Labute approximate surface area is 185 Å². The third kappa shape index (κ3) is 3.24. The molecule has 1 aliphatic rings. The van der Waals surface area contributed by atoms with Crippen LogP contribution in [0.4, 0.5) is 0 Å². The summed E-state index contributed by atoms with van der Waals surface area (Å²) in [6, 6.07) is 11.6. The maximum atomic E-state index is 5.92. The van der Waals surface area contributed by atoms with E-state index in [1.54, 1.807) is 12.5 Å². The van der Waals surface area contributed by atoms with Crippen LogP contribution in [0, 0.1) is 0 Å². The average molecular weight is 477 g/mol. The smallest absolute Gasteiger partial charge is 0.266 e.